The number of hydrogen-bond acceptors (Lipinski definition) is 1. The molecule has 0 aliphatic heterocycles. The number of aromatic nitrogens is 1. The van der Waals surface area contributed by atoms with E-state index in [0.29, 0.717) is 6.04 Å². The predicted molar refractivity (Wildman–Crippen MR) is 181 cm³/mol. The van der Waals surface area contributed by atoms with Gasteiger partial charge in [-0.2, -0.15) is 0 Å². The highest BCUT2D eigenvalue weighted by atomic mass is 16.3. The Hall–Kier alpha value is -2.74. The standard InChI is InChI=1S/C42H47NO/c1-2-10-26-25(9-1)30-13-7-15-32-27-20-19-24(21-34(27)33-16-8-14-31(26)42(33)41(30)32)43-37-17-5-3-11-28(37)35-22-36-29-12-4-6-18-39(29)44-40(36)23-38(35)43/h3-6,11-12,17-18,22-27,30-34,41-42H,1-2,7-10,13-16,19-21H2. The summed E-state index contributed by atoms with van der Waals surface area (Å²) in [5.41, 5.74) is 4.90. The van der Waals surface area contributed by atoms with Crippen LogP contribution < -0.4 is 0 Å². The largest absolute Gasteiger partial charge is 0.456 e. The van der Waals surface area contributed by atoms with E-state index < -0.39 is 0 Å². The lowest BCUT2D eigenvalue weighted by Crippen LogP contribution is -2.61. The van der Waals surface area contributed by atoms with Gasteiger partial charge in [0.1, 0.15) is 11.2 Å². The van der Waals surface area contributed by atoms with Crippen LogP contribution in [0.4, 0.5) is 0 Å². The molecule has 11 unspecified atom stereocenters. The summed E-state index contributed by atoms with van der Waals surface area (Å²) in [6.07, 6.45) is 19.7. The Morgan fingerprint density at radius 2 is 1.07 bits per heavy atom. The minimum Gasteiger partial charge on any atom is -0.456 e. The molecule has 11 atom stereocenters. The smallest absolute Gasteiger partial charge is 0.137 e. The van der Waals surface area contributed by atoms with E-state index in [4.69, 9.17) is 4.42 Å². The maximum absolute atomic E-state index is 6.47. The molecule has 3 aromatic carbocycles. The molecule has 6 fully saturated rings. The number of para-hydroxylation sites is 2. The molecule has 2 heterocycles. The van der Waals surface area contributed by atoms with Crippen LogP contribution in [0, 0.1) is 59.2 Å². The van der Waals surface area contributed by atoms with Crippen LogP contribution in [0.1, 0.15) is 89.5 Å². The van der Waals surface area contributed by atoms with Gasteiger partial charge in [0.2, 0.25) is 0 Å². The zero-order valence-electron chi connectivity index (χ0n) is 26.2. The second kappa shape index (κ2) is 9.40. The molecule has 0 N–H and O–H groups in total. The Balaban J connectivity index is 1.03. The zero-order chi connectivity index (χ0) is 28.5. The summed E-state index contributed by atoms with van der Waals surface area (Å²) < 4.78 is 9.28. The summed E-state index contributed by atoms with van der Waals surface area (Å²) in [7, 11) is 0. The van der Waals surface area contributed by atoms with Crippen LogP contribution in [0.2, 0.25) is 0 Å². The number of benzene rings is 3. The first kappa shape index (κ1) is 25.5. The molecule has 6 aliphatic carbocycles. The lowest BCUT2D eigenvalue weighted by Gasteiger charge is -2.67. The second-order valence-corrected chi connectivity index (χ2v) is 16.4. The molecule has 0 bridgehead atoms. The quantitative estimate of drug-likeness (QED) is 0.193. The van der Waals surface area contributed by atoms with Gasteiger partial charge in [0.05, 0.1) is 5.52 Å². The topological polar surface area (TPSA) is 18.1 Å². The van der Waals surface area contributed by atoms with Gasteiger partial charge in [0, 0.05) is 39.2 Å². The summed E-state index contributed by atoms with van der Waals surface area (Å²) >= 11 is 0. The third-order valence-corrected chi connectivity index (χ3v) is 15.1. The summed E-state index contributed by atoms with van der Waals surface area (Å²) in [6, 6.07) is 23.3. The SMILES string of the molecule is c1ccc2c(c1)oc1cc3c(cc12)c1ccccc1n3C1CCC2C(C1)C1CCCC3C4CCCCC4C4CCCC2C4C31. The molecule has 11 rings (SSSR count). The van der Waals surface area contributed by atoms with Crippen LogP contribution in [0.15, 0.2) is 65.1 Å². The van der Waals surface area contributed by atoms with Gasteiger partial charge in [-0.25, -0.2) is 0 Å². The molecule has 2 aromatic heterocycles. The van der Waals surface area contributed by atoms with Crippen molar-refractivity contribution in [1.29, 1.82) is 0 Å². The molecule has 0 spiro atoms. The molecule has 2 nitrogen and oxygen atoms in total. The van der Waals surface area contributed by atoms with E-state index in [2.05, 4.69) is 65.2 Å². The van der Waals surface area contributed by atoms with Gasteiger partial charge in [-0.3, -0.25) is 0 Å². The summed E-state index contributed by atoms with van der Waals surface area (Å²) in [4.78, 5) is 0. The number of hydrogen-bond donors (Lipinski definition) is 0. The lowest BCUT2D eigenvalue weighted by molar-refractivity contribution is -0.189. The summed E-state index contributed by atoms with van der Waals surface area (Å²) in [5, 5.41) is 5.33. The van der Waals surface area contributed by atoms with Gasteiger partial charge in [-0.1, -0.05) is 62.1 Å². The fourth-order valence-electron chi connectivity index (χ4n) is 14.0. The van der Waals surface area contributed by atoms with E-state index >= 15 is 0 Å². The first-order valence-corrected chi connectivity index (χ1v) is 18.7. The van der Waals surface area contributed by atoms with Crippen molar-refractivity contribution in [2.45, 2.75) is 89.5 Å². The average Bonchev–Trinajstić information content (AvgIpc) is 3.61. The molecule has 0 radical (unpaired) electrons. The molecule has 6 aliphatic rings. The number of nitrogens with zero attached hydrogens (tertiary/aromatic N) is 1. The van der Waals surface area contributed by atoms with Crippen LogP contribution in [0.25, 0.3) is 43.7 Å². The second-order valence-electron chi connectivity index (χ2n) is 16.4. The molecular weight excluding hydrogens is 534 g/mol. The van der Waals surface area contributed by atoms with E-state index in [1.54, 1.807) is 32.1 Å². The minimum absolute atomic E-state index is 0.600. The van der Waals surface area contributed by atoms with Crippen molar-refractivity contribution in [1.82, 2.24) is 4.57 Å². The van der Waals surface area contributed by atoms with Crippen molar-refractivity contribution in [2.75, 3.05) is 0 Å². The Morgan fingerprint density at radius 3 is 1.82 bits per heavy atom. The maximum atomic E-state index is 6.47. The maximum Gasteiger partial charge on any atom is 0.137 e. The average molecular weight is 582 g/mol. The first-order valence-electron chi connectivity index (χ1n) is 18.7. The van der Waals surface area contributed by atoms with Crippen molar-refractivity contribution in [2.24, 2.45) is 59.2 Å². The molecule has 226 valence electrons. The molecule has 6 saturated carbocycles. The number of furan rings is 1. The highest BCUT2D eigenvalue weighted by Crippen LogP contribution is 2.69. The van der Waals surface area contributed by atoms with Gasteiger partial charge in [0.15, 0.2) is 0 Å². The van der Waals surface area contributed by atoms with Gasteiger partial charge in [-0.15, -0.1) is 0 Å². The van der Waals surface area contributed by atoms with Crippen molar-refractivity contribution >= 4 is 43.7 Å². The predicted octanol–water partition coefficient (Wildman–Crippen LogP) is 11.5. The molecule has 0 saturated heterocycles. The van der Waals surface area contributed by atoms with Crippen molar-refractivity contribution in [3.63, 3.8) is 0 Å². The monoisotopic (exact) mass is 581 g/mol. The normalized spacial score (nSPS) is 39.8. The fourth-order valence-corrected chi connectivity index (χ4v) is 14.0. The number of rotatable bonds is 1. The van der Waals surface area contributed by atoms with Crippen molar-refractivity contribution in [3.05, 3.63) is 60.7 Å². The Labute approximate surface area is 261 Å². The Bertz CT molecular complexity index is 1910. The minimum atomic E-state index is 0.600. The van der Waals surface area contributed by atoms with Gasteiger partial charge < -0.3 is 8.98 Å². The van der Waals surface area contributed by atoms with Crippen molar-refractivity contribution in [3.8, 4) is 0 Å². The molecule has 44 heavy (non-hydrogen) atoms. The van der Waals surface area contributed by atoms with E-state index in [0.717, 1.165) is 70.3 Å². The highest BCUT2D eigenvalue weighted by molar-refractivity contribution is 6.16. The van der Waals surface area contributed by atoms with E-state index in [-0.39, 0.29) is 0 Å². The third-order valence-electron chi connectivity index (χ3n) is 15.1. The van der Waals surface area contributed by atoms with Crippen LogP contribution in [0.3, 0.4) is 0 Å². The van der Waals surface area contributed by atoms with Crippen molar-refractivity contribution < 1.29 is 4.42 Å². The van der Waals surface area contributed by atoms with Crippen LogP contribution in [-0.2, 0) is 0 Å². The third kappa shape index (κ3) is 3.34. The van der Waals surface area contributed by atoms with Crippen LogP contribution in [-0.4, -0.2) is 4.57 Å². The summed E-state index contributed by atoms with van der Waals surface area (Å²) in [5.74, 6) is 10.5. The van der Waals surface area contributed by atoms with E-state index in [9.17, 15) is 0 Å². The van der Waals surface area contributed by atoms with Gasteiger partial charge in [0.25, 0.3) is 0 Å². The van der Waals surface area contributed by atoms with E-state index in [1.807, 2.05) is 0 Å². The lowest BCUT2D eigenvalue weighted by atomic mass is 9.38. The fraction of sp³-hybridized carbons (Fsp3) is 0.571. The molecular formula is C42H47NO. The Kier molecular flexibility index (Phi) is 5.44. The Morgan fingerprint density at radius 1 is 0.455 bits per heavy atom. The first-order chi connectivity index (χ1) is 21.8. The zero-order valence-corrected chi connectivity index (χ0v) is 26.2. The van der Waals surface area contributed by atoms with Gasteiger partial charge in [-0.05, 0) is 135 Å². The molecule has 5 aromatic rings. The number of fused-ring (bicyclic) bond motifs is 12. The highest BCUT2D eigenvalue weighted by Gasteiger charge is 2.62. The summed E-state index contributed by atoms with van der Waals surface area (Å²) in [6.45, 7) is 0. The van der Waals surface area contributed by atoms with Crippen LogP contribution >= 0.6 is 0 Å². The van der Waals surface area contributed by atoms with E-state index in [1.165, 1.54) is 83.9 Å². The molecule has 2 heteroatoms. The van der Waals surface area contributed by atoms with Crippen LogP contribution in [0.5, 0.6) is 0 Å². The van der Waals surface area contributed by atoms with Gasteiger partial charge >= 0.3 is 0 Å². The molecule has 0 amide bonds.